The van der Waals surface area contributed by atoms with Crippen molar-refractivity contribution in [2.75, 3.05) is 7.11 Å². The highest BCUT2D eigenvalue weighted by atomic mass is 79.9. The number of methoxy groups -OCH3 is 1. The Morgan fingerprint density at radius 3 is 2.64 bits per heavy atom. The van der Waals surface area contributed by atoms with Gasteiger partial charge in [0.25, 0.3) is 0 Å². The molecule has 0 aliphatic carbocycles. The van der Waals surface area contributed by atoms with Crippen LogP contribution in [-0.2, 0) is 11.4 Å². The Bertz CT molecular complexity index is 347. The molecule has 0 radical (unpaired) electrons. The fourth-order valence-electron chi connectivity index (χ4n) is 1.06. The fourth-order valence-corrected chi connectivity index (χ4v) is 1.66. The predicted octanol–water partition coefficient (Wildman–Crippen LogP) is 2.13. The first-order chi connectivity index (χ1) is 6.61. The van der Waals surface area contributed by atoms with Gasteiger partial charge < -0.3 is 4.74 Å². The highest BCUT2D eigenvalue weighted by molar-refractivity contribution is 9.10. The molecule has 0 aliphatic heterocycles. The van der Waals surface area contributed by atoms with E-state index in [1.807, 2.05) is 0 Å². The van der Waals surface area contributed by atoms with Crippen molar-refractivity contribution in [2.24, 2.45) is 5.90 Å². The topological polar surface area (TPSA) is 44.5 Å². The van der Waals surface area contributed by atoms with Crippen LogP contribution in [0.25, 0.3) is 0 Å². The van der Waals surface area contributed by atoms with E-state index in [1.165, 1.54) is 7.11 Å². The summed E-state index contributed by atoms with van der Waals surface area (Å²) in [5.41, 5.74) is -0.0538. The number of hydrogen-bond acceptors (Lipinski definition) is 3. The monoisotopic (exact) mass is 267 g/mol. The van der Waals surface area contributed by atoms with E-state index >= 15 is 0 Å². The molecule has 14 heavy (non-hydrogen) atoms. The van der Waals surface area contributed by atoms with Crippen LogP contribution in [0.1, 0.15) is 5.56 Å². The molecule has 6 heteroatoms. The zero-order chi connectivity index (χ0) is 10.7. The smallest absolute Gasteiger partial charge is 0.168 e. The maximum absolute atomic E-state index is 13.2. The first-order valence-electron chi connectivity index (χ1n) is 3.63. The van der Waals surface area contributed by atoms with Crippen LogP contribution in [0, 0.1) is 11.6 Å². The third kappa shape index (κ3) is 2.02. The lowest BCUT2D eigenvalue weighted by atomic mass is 10.2. The van der Waals surface area contributed by atoms with Crippen LogP contribution in [0.5, 0.6) is 5.75 Å². The Morgan fingerprint density at radius 2 is 2.14 bits per heavy atom. The third-order valence-corrected chi connectivity index (χ3v) is 2.24. The summed E-state index contributed by atoms with van der Waals surface area (Å²) in [7, 11) is 1.34. The van der Waals surface area contributed by atoms with Gasteiger partial charge in [-0.05, 0) is 22.0 Å². The normalized spacial score (nSPS) is 10.4. The van der Waals surface area contributed by atoms with Crippen molar-refractivity contribution in [3.05, 3.63) is 27.7 Å². The van der Waals surface area contributed by atoms with Gasteiger partial charge >= 0.3 is 0 Å². The summed E-state index contributed by atoms with van der Waals surface area (Å²) in [6.07, 6.45) is 0. The second kappa shape index (κ2) is 4.68. The number of nitrogens with two attached hydrogens (primary N) is 1. The van der Waals surface area contributed by atoms with Crippen molar-refractivity contribution in [3.63, 3.8) is 0 Å². The molecular weight excluding hydrogens is 260 g/mol. The van der Waals surface area contributed by atoms with E-state index in [0.717, 1.165) is 6.07 Å². The summed E-state index contributed by atoms with van der Waals surface area (Å²) >= 11 is 3.03. The number of halogens is 3. The van der Waals surface area contributed by atoms with E-state index in [2.05, 4.69) is 20.8 Å². The van der Waals surface area contributed by atoms with Gasteiger partial charge in [0.05, 0.1) is 23.8 Å². The molecule has 0 bridgehead atoms. The van der Waals surface area contributed by atoms with E-state index in [9.17, 15) is 8.78 Å². The van der Waals surface area contributed by atoms with Crippen molar-refractivity contribution in [2.45, 2.75) is 6.61 Å². The summed E-state index contributed by atoms with van der Waals surface area (Å²) in [6, 6.07) is 0.980. The van der Waals surface area contributed by atoms with Crippen molar-refractivity contribution >= 4 is 15.9 Å². The van der Waals surface area contributed by atoms with Crippen molar-refractivity contribution in [1.82, 2.24) is 0 Å². The minimum Gasteiger partial charge on any atom is -0.495 e. The quantitative estimate of drug-likeness (QED) is 0.674. The molecule has 3 nitrogen and oxygen atoms in total. The molecule has 78 valence electrons. The van der Waals surface area contributed by atoms with Crippen LogP contribution in [0.15, 0.2) is 10.5 Å². The minimum atomic E-state index is -1.02. The van der Waals surface area contributed by atoms with Gasteiger partial charge in [-0.1, -0.05) is 0 Å². The fraction of sp³-hybridized carbons (Fsp3) is 0.250. The first kappa shape index (κ1) is 11.4. The zero-order valence-corrected chi connectivity index (χ0v) is 8.90. The Morgan fingerprint density at radius 1 is 1.50 bits per heavy atom. The van der Waals surface area contributed by atoms with E-state index in [0.29, 0.717) is 4.47 Å². The predicted molar refractivity (Wildman–Crippen MR) is 49.6 cm³/mol. The van der Waals surface area contributed by atoms with Gasteiger partial charge in [-0.2, -0.15) is 0 Å². The van der Waals surface area contributed by atoms with Gasteiger partial charge in [0.1, 0.15) is 5.75 Å². The van der Waals surface area contributed by atoms with Crippen LogP contribution in [-0.4, -0.2) is 7.11 Å². The second-order valence-electron chi connectivity index (χ2n) is 2.48. The third-order valence-electron chi connectivity index (χ3n) is 1.65. The van der Waals surface area contributed by atoms with Crippen molar-refractivity contribution < 1.29 is 18.4 Å². The molecule has 0 heterocycles. The first-order valence-corrected chi connectivity index (χ1v) is 4.43. The molecule has 0 aromatic heterocycles. The molecule has 0 saturated carbocycles. The van der Waals surface area contributed by atoms with E-state index in [-0.39, 0.29) is 17.9 Å². The molecule has 0 amide bonds. The molecule has 1 aromatic carbocycles. The molecule has 0 atom stereocenters. The number of benzene rings is 1. The van der Waals surface area contributed by atoms with Crippen molar-refractivity contribution in [1.29, 1.82) is 0 Å². The van der Waals surface area contributed by atoms with Gasteiger partial charge in [0, 0.05) is 0 Å². The Kier molecular flexibility index (Phi) is 3.79. The molecule has 0 aliphatic rings. The molecule has 0 spiro atoms. The van der Waals surface area contributed by atoms with Gasteiger partial charge in [-0.25, -0.2) is 14.7 Å². The van der Waals surface area contributed by atoms with Crippen LogP contribution in [0.3, 0.4) is 0 Å². The highest BCUT2D eigenvalue weighted by Crippen LogP contribution is 2.32. The lowest BCUT2D eigenvalue weighted by Gasteiger charge is -2.10. The number of rotatable bonds is 3. The minimum absolute atomic E-state index is 0.0538. The van der Waals surface area contributed by atoms with Crippen LogP contribution < -0.4 is 10.6 Å². The van der Waals surface area contributed by atoms with Crippen LogP contribution >= 0.6 is 15.9 Å². The maximum Gasteiger partial charge on any atom is 0.168 e. The standard InChI is InChI=1S/C8H8BrF2NO2/c1-13-8-4(3-14-12)7(11)6(10)2-5(8)9/h2H,3,12H2,1H3. The van der Waals surface area contributed by atoms with Gasteiger partial charge in [0.15, 0.2) is 11.6 Å². The summed E-state index contributed by atoms with van der Waals surface area (Å²) in [5.74, 6) is 2.97. The zero-order valence-electron chi connectivity index (χ0n) is 7.31. The maximum atomic E-state index is 13.2. The highest BCUT2D eigenvalue weighted by Gasteiger charge is 2.17. The molecule has 0 fully saturated rings. The van der Waals surface area contributed by atoms with Crippen LogP contribution in [0.2, 0.25) is 0 Å². The average Bonchev–Trinajstić information content (AvgIpc) is 2.14. The van der Waals surface area contributed by atoms with Gasteiger partial charge in [-0.15, -0.1) is 0 Å². The van der Waals surface area contributed by atoms with E-state index in [4.69, 9.17) is 10.6 Å². The van der Waals surface area contributed by atoms with E-state index < -0.39 is 11.6 Å². The molecule has 0 unspecified atom stereocenters. The summed E-state index contributed by atoms with van der Waals surface area (Å²) in [4.78, 5) is 4.25. The summed E-state index contributed by atoms with van der Waals surface area (Å²) in [6.45, 7) is -0.259. The summed E-state index contributed by atoms with van der Waals surface area (Å²) in [5, 5.41) is 0. The summed E-state index contributed by atoms with van der Waals surface area (Å²) < 4.78 is 31.3. The molecule has 1 rings (SSSR count). The van der Waals surface area contributed by atoms with E-state index in [1.54, 1.807) is 0 Å². The number of hydrogen-bond donors (Lipinski definition) is 1. The average molecular weight is 268 g/mol. The second-order valence-corrected chi connectivity index (χ2v) is 3.33. The van der Waals surface area contributed by atoms with Gasteiger partial charge in [0.2, 0.25) is 0 Å². The lowest BCUT2D eigenvalue weighted by molar-refractivity contribution is 0.118. The Hall–Kier alpha value is -0.720. The number of ether oxygens (including phenoxy) is 1. The lowest BCUT2D eigenvalue weighted by Crippen LogP contribution is -2.05. The Labute approximate surface area is 87.9 Å². The molecule has 1 aromatic rings. The molecule has 0 saturated heterocycles. The molecule has 2 N–H and O–H groups in total. The van der Waals surface area contributed by atoms with Gasteiger partial charge in [-0.3, -0.25) is 4.84 Å². The Balaban J connectivity index is 3.32. The van der Waals surface area contributed by atoms with Crippen molar-refractivity contribution in [3.8, 4) is 5.75 Å². The van der Waals surface area contributed by atoms with Crippen LogP contribution in [0.4, 0.5) is 8.78 Å². The largest absolute Gasteiger partial charge is 0.495 e. The molecular formula is C8H8BrF2NO2. The SMILES string of the molecule is COc1c(Br)cc(F)c(F)c1CON.